The average Bonchev–Trinajstić information content (AvgIpc) is 2.73. The Labute approximate surface area is 167 Å². The van der Waals surface area contributed by atoms with Gasteiger partial charge in [0.25, 0.3) is 0 Å². The predicted octanol–water partition coefficient (Wildman–Crippen LogP) is 6.11. The van der Waals surface area contributed by atoms with Gasteiger partial charge in [-0.15, -0.1) is 0 Å². The molecule has 0 bridgehead atoms. The smallest absolute Gasteiger partial charge is 0.162 e. The van der Waals surface area contributed by atoms with Gasteiger partial charge in [-0.05, 0) is 34.7 Å². The number of hydrogen-bond acceptors (Lipinski definition) is 3. The molecular weight excluding hydrogens is 346 g/mol. The lowest BCUT2D eigenvalue weighted by molar-refractivity contribution is 0.255. The fourth-order valence-electron chi connectivity index (χ4n) is 3.03. The van der Waals surface area contributed by atoms with Crippen molar-refractivity contribution in [2.45, 2.75) is 33.0 Å². The van der Waals surface area contributed by atoms with Crippen LogP contribution in [0.25, 0.3) is 0 Å². The van der Waals surface area contributed by atoms with Crippen LogP contribution in [-0.2, 0) is 13.2 Å². The fraction of sp³-hybridized carbons (Fsp3) is 0.240. The van der Waals surface area contributed by atoms with Gasteiger partial charge in [0.2, 0.25) is 0 Å². The van der Waals surface area contributed by atoms with Crippen molar-refractivity contribution in [3.63, 3.8) is 0 Å². The minimum atomic E-state index is -0.178. The fourth-order valence-corrected chi connectivity index (χ4v) is 3.03. The van der Waals surface area contributed by atoms with E-state index in [-0.39, 0.29) is 11.8 Å². The Morgan fingerprint density at radius 1 is 0.750 bits per heavy atom. The Hall–Kier alpha value is -3.25. The molecule has 1 atom stereocenters. The van der Waals surface area contributed by atoms with Crippen molar-refractivity contribution in [2.24, 2.45) is 5.92 Å². The zero-order valence-electron chi connectivity index (χ0n) is 16.3. The summed E-state index contributed by atoms with van der Waals surface area (Å²) in [6.07, 6.45) is 0. The topological polar surface area (TPSA) is 42.2 Å². The summed E-state index contributed by atoms with van der Waals surface area (Å²) in [4.78, 5) is 0. The van der Waals surface area contributed by atoms with E-state index in [1.807, 2.05) is 78.9 Å². The Bertz CT molecular complexity index is 914. The Kier molecular flexibility index (Phi) is 6.70. The molecule has 3 aromatic carbocycles. The molecule has 3 heteroatoms. The van der Waals surface area contributed by atoms with Gasteiger partial charge in [-0.1, -0.05) is 80.6 Å². The molecule has 0 amide bonds. The predicted molar refractivity (Wildman–Crippen MR) is 111 cm³/mol. The maximum absolute atomic E-state index is 9.55. The van der Waals surface area contributed by atoms with Gasteiger partial charge in [0, 0.05) is 0 Å². The van der Waals surface area contributed by atoms with Crippen LogP contribution in [0.4, 0.5) is 0 Å². The molecule has 0 saturated heterocycles. The molecular formula is C25H25NO2. The minimum Gasteiger partial charge on any atom is -0.485 e. The number of nitrogens with zero attached hydrogens (tertiary/aromatic N) is 1. The van der Waals surface area contributed by atoms with E-state index in [0.717, 1.165) is 16.7 Å². The molecule has 0 aliphatic heterocycles. The van der Waals surface area contributed by atoms with Crippen molar-refractivity contribution in [3.8, 4) is 17.6 Å². The summed E-state index contributed by atoms with van der Waals surface area (Å²) < 4.78 is 12.1. The molecule has 0 aliphatic carbocycles. The van der Waals surface area contributed by atoms with Crippen molar-refractivity contribution in [1.82, 2.24) is 0 Å². The van der Waals surface area contributed by atoms with Crippen LogP contribution >= 0.6 is 0 Å². The van der Waals surface area contributed by atoms with Gasteiger partial charge in [-0.3, -0.25) is 0 Å². The third-order valence-corrected chi connectivity index (χ3v) is 4.61. The molecule has 0 heterocycles. The maximum Gasteiger partial charge on any atom is 0.162 e. The van der Waals surface area contributed by atoms with Crippen LogP contribution in [-0.4, -0.2) is 0 Å². The van der Waals surface area contributed by atoms with Crippen molar-refractivity contribution < 1.29 is 9.47 Å². The summed E-state index contributed by atoms with van der Waals surface area (Å²) in [5, 5.41) is 9.55. The second-order valence-electron chi connectivity index (χ2n) is 7.11. The highest BCUT2D eigenvalue weighted by atomic mass is 16.5. The average molecular weight is 371 g/mol. The Balaban J connectivity index is 1.83. The van der Waals surface area contributed by atoms with Crippen LogP contribution in [0.5, 0.6) is 11.5 Å². The van der Waals surface area contributed by atoms with Gasteiger partial charge in [0.15, 0.2) is 11.5 Å². The first-order chi connectivity index (χ1) is 13.7. The zero-order valence-corrected chi connectivity index (χ0v) is 16.3. The van der Waals surface area contributed by atoms with Crippen LogP contribution in [0.3, 0.4) is 0 Å². The van der Waals surface area contributed by atoms with E-state index in [0.29, 0.717) is 24.7 Å². The maximum atomic E-state index is 9.55. The number of nitriles is 1. The molecule has 0 radical (unpaired) electrons. The third kappa shape index (κ3) is 5.14. The van der Waals surface area contributed by atoms with E-state index >= 15 is 0 Å². The van der Waals surface area contributed by atoms with E-state index in [1.54, 1.807) is 0 Å². The lowest BCUT2D eigenvalue weighted by atomic mass is 9.89. The number of hydrogen-bond donors (Lipinski definition) is 0. The Morgan fingerprint density at radius 3 is 1.79 bits per heavy atom. The van der Waals surface area contributed by atoms with Crippen molar-refractivity contribution in [1.29, 1.82) is 5.26 Å². The lowest BCUT2D eigenvalue weighted by Crippen LogP contribution is -2.06. The third-order valence-electron chi connectivity index (χ3n) is 4.61. The lowest BCUT2D eigenvalue weighted by Gasteiger charge is -2.18. The molecule has 0 spiro atoms. The van der Waals surface area contributed by atoms with Gasteiger partial charge in [0.1, 0.15) is 13.2 Å². The van der Waals surface area contributed by atoms with Crippen LogP contribution < -0.4 is 9.47 Å². The zero-order chi connectivity index (χ0) is 19.8. The quantitative estimate of drug-likeness (QED) is 0.480. The SMILES string of the molecule is CC(C)C(C#N)c1ccc(OCc2ccccc2)c(OCc2ccccc2)c1. The van der Waals surface area contributed by atoms with Crippen molar-refractivity contribution >= 4 is 0 Å². The van der Waals surface area contributed by atoms with E-state index in [2.05, 4.69) is 19.9 Å². The summed E-state index contributed by atoms with van der Waals surface area (Å²) in [5.74, 6) is 1.40. The van der Waals surface area contributed by atoms with Crippen LogP contribution in [0.15, 0.2) is 78.9 Å². The van der Waals surface area contributed by atoms with Crippen molar-refractivity contribution in [3.05, 3.63) is 95.6 Å². The molecule has 0 N–H and O–H groups in total. The summed E-state index contributed by atoms with van der Waals surface area (Å²) in [6.45, 7) is 5.02. The van der Waals surface area contributed by atoms with Gasteiger partial charge in [0.05, 0.1) is 12.0 Å². The number of benzene rings is 3. The summed E-state index contributed by atoms with van der Waals surface area (Å²) >= 11 is 0. The van der Waals surface area contributed by atoms with Crippen LogP contribution in [0.1, 0.15) is 36.5 Å². The van der Waals surface area contributed by atoms with Gasteiger partial charge in [-0.2, -0.15) is 5.26 Å². The highest BCUT2D eigenvalue weighted by Gasteiger charge is 2.18. The molecule has 0 fully saturated rings. The van der Waals surface area contributed by atoms with Gasteiger partial charge >= 0.3 is 0 Å². The van der Waals surface area contributed by atoms with E-state index in [1.165, 1.54) is 0 Å². The molecule has 0 saturated carbocycles. The number of rotatable bonds is 8. The van der Waals surface area contributed by atoms with Crippen LogP contribution in [0.2, 0.25) is 0 Å². The first-order valence-corrected chi connectivity index (χ1v) is 9.54. The molecule has 142 valence electrons. The first kappa shape index (κ1) is 19.5. The van der Waals surface area contributed by atoms with E-state index < -0.39 is 0 Å². The molecule has 28 heavy (non-hydrogen) atoms. The minimum absolute atomic E-state index is 0.178. The molecule has 1 unspecified atom stereocenters. The molecule has 3 nitrogen and oxygen atoms in total. The van der Waals surface area contributed by atoms with Gasteiger partial charge in [-0.25, -0.2) is 0 Å². The molecule has 3 aromatic rings. The standard InChI is InChI=1S/C25H25NO2/c1-19(2)23(16-26)22-13-14-24(27-17-20-9-5-3-6-10-20)25(15-22)28-18-21-11-7-4-8-12-21/h3-15,19,23H,17-18H2,1-2H3. The monoisotopic (exact) mass is 371 g/mol. The highest BCUT2D eigenvalue weighted by molar-refractivity contribution is 5.45. The van der Waals surface area contributed by atoms with E-state index in [9.17, 15) is 5.26 Å². The molecule has 3 rings (SSSR count). The summed E-state index contributed by atoms with van der Waals surface area (Å²) in [5.41, 5.74) is 3.13. The summed E-state index contributed by atoms with van der Waals surface area (Å²) in [7, 11) is 0. The Morgan fingerprint density at radius 2 is 1.29 bits per heavy atom. The largest absolute Gasteiger partial charge is 0.485 e. The molecule has 0 aliphatic rings. The van der Waals surface area contributed by atoms with E-state index in [4.69, 9.17) is 9.47 Å². The summed E-state index contributed by atoms with van der Waals surface area (Å²) in [6, 6.07) is 28.3. The van der Waals surface area contributed by atoms with Crippen LogP contribution in [0, 0.1) is 17.2 Å². The van der Waals surface area contributed by atoms with Gasteiger partial charge < -0.3 is 9.47 Å². The normalized spacial score (nSPS) is 11.6. The second-order valence-corrected chi connectivity index (χ2v) is 7.11. The highest BCUT2D eigenvalue weighted by Crippen LogP contribution is 2.34. The number of ether oxygens (including phenoxy) is 2. The second kappa shape index (κ2) is 9.62. The molecule has 0 aromatic heterocycles. The van der Waals surface area contributed by atoms with Crippen molar-refractivity contribution in [2.75, 3.05) is 0 Å². The first-order valence-electron chi connectivity index (χ1n) is 9.54.